The molecule has 0 bridgehead atoms. The van der Waals surface area contributed by atoms with Crippen molar-refractivity contribution in [1.82, 2.24) is 4.90 Å². The summed E-state index contributed by atoms with van der Waals surface area (Å²) in [7, 11) is 1.42. The number of benzene rings is 1. The maximum Gasteiger partial charge on any atom is 0.308 e. The highest BCUT2D eigenvalue weighted by atomic mass is 32.2. The van der Waals surface area contributed by atoms with Gasteiger partial charge in [-0.3, -0.25) is 9.59 Å². The number of esters is 1. The van der Waals surface area contributed by atoms with Gasteiger partial charge in [0, 0.05) is 18.8 Å². The quantitative estimate of drug-likeness (QED) is 0.776. The molecule has 1 aromatic carbocycles. The summed E-state index contributed by atoms with van der Waals surface area (Å²) in [6.07, 6.45) is 1.42. The molecule has 1 aliphatic rings. The molecule has 1 heterocycles. The highest BCUT2D eigenvalue weighted by Crippen LogP contribution is 2.20. The van der Waals surface area contributed by atoms with Crippen molar-refractivity contribution in [2.24, 2.45) is 5.92 Å². The van der Waals surface area contributed by atoms with Crippen LogP contribution in [0.15, 0.2) is 18.2 Å². The summed E-state index contributed by atoms with van der Waals surface area (Å²) in [5.74, 6) is 1.32. The largest absolute Gasteiger partial charge is 0.469 e. The van der Waals surface area contributed by atoms with Crippen LogP contribution < -0.4 is 0 Å². The van der Waals surface area contributed by atoms with Crippen molar-refractivity contribution in [3.8, 4) is 0 Å². The Hall–Kier alpha value is -1.49. The van der Waals surface area contributed by atoms with E-state index in [1.807, 2.05) is 4.90 Å². The van der Waals surface area contributed by atoms with Crippen molar-refractivity contribution in [3.05, 3.63) is 34.9 Å². The molecule has 2 rings (SSSR count). The van der Waals surface area contributed by atoms with Gasteiger partial charge in [0.2, 0.25) is 5.91 Å². The number of rotatable bonds is 5. The van der Waals surface area contributed by atoms with Gasteiger partial charge in [-0.15, -0.1) is 11.8 Å². The first kappa shape index (κ1) is 17.9. The Balaban J connectivity index is 1.74. The van der Waals surface area contributed by atoms with Crippen molar-refractivity contribution < 1.29 is 14.3 Å². The molecular weight excluding hydrogens is 310 g/mol. The first-order valence-corrected chi connectivity index (χ1v) is 9.15. The molecule has 1 aliphatic heterocycles. The number of carbonyl (C=O) groups excluding carboxylic acids is 2. The molecule has 0 N–H and O–H groups in total. The summed E-state index contributed by atoms with van der Waals surface area (Å²) >= 11 is 1.65. The van der Waals surface area contributed by atoms with Gasteiger partial charge < -0.3 is 9.64 Å². The number of carbonyl (C=O) groups is 2. The van der Waals surface area contributed by atoms with Gasteiger partial charge in [-0.2, -0.15) is 0 Å². The Morgan fingerprint density at radius 1 is 1.17 bits per heavy atom. The zero-order valence-electron chi connectivity index (χ0n) is 14.1. The van der Waals surface area contributed by atoms with E-state index in [-0.39, 0.29) is 17.8 Å². The Kier molecular flexibility index (Phi) is 6.51. The fourth-order valence-corrected chi connectivity index (χ4v) is 3.89. The SMILES string of the molecule is COC(=O)C1CCN(C(=O)CSCc2cc(C)cc(C)c2)CC1. The molecule has 0 spiro atoms. The number of likely N-dealkylation sites (tertiary alicyclic amines) is 1. The van der Waals surface area contributed by atoms with Crippen LogP contribution in [-0.2, 0) is 20.1 Å². The lowest BCUT2D eigenvalue weighted by Gasteiger charge is -2.30. The standard InChI is InChI=1S/C18H25NO3S/c1-13-8-14(2)10-15(9-13)11-23-12-17(20)19-6-4-16(5-7-19)18(21)22-3/h8-10,16H,4-7,11-12H2,1-3H3. The van der Waals surface area contributed by atoms with Gasteiger partial charge in [0.1, 0.15) is 0 Å². The van der Waals surface area contributed by atoms with Gasteiger partial charge >= 0.3 is 5.97 Å². The second-order valence-electron chi connectivity index (χ2n) is 6.17. The molecule has 0 aromatic heterocycles. The first-order chi connectivity index (χ1) is 11.0. The highest BCUT2D eigenvalue weighted by molar-refractivity contribution is 7.99. The second kappa shape index (κ2) is 8.39. The Bertz CT molecular complexity index is 545. The average Bonchev–Trinajstić information content (AvgIpc) is 2.53. The third-order valence-electron chi connectivity index (χ3n) is 4.16. The molecule has 1 aromatic rings. The molecule has 0 atom stereocenters. The smallest absolute Gasteiger partial charge is 0.308 e. The van der Waals surface area contributed by atoms with Gasteiger partial charge in [0.25, 0.3) is 0 Å². The zero-order valence-corrected chi connectivity index (χ0v) is 14.9. The number of methoxy groups -OCH3 is 1. The summed E-state index contributed by atoms with van der Waals surface area (Å²) in [4.78, 5) is 25.6. The van der Waals surface area contributed by atoms with Crippen LogP contribution in [0, 0.1) is 19.8 Å². The topological polar surface area (TPSA) is 46.6 Å². The van der Waals surface area contributed by atoms with Crippen LogP contribution in [0.1, 0.15) is 29.5 Å². The third-order valence-corrected chi connectivity index (χ3v) is 5.15. The number of nitrogens with zero attached hydrogens (tertiary/aromatic N) is 1. The molecule has 0 radical (unpaired) electrons. The van der Waals surface area contributed by atoms with E-state index in [0.29, 0.717) is 31.7 Å². The number of hydrogen-bond donors (Lipinski definition) is 0. The van der Waals surface area contributed by atoms with Crippen LogP contribution in [0.4, 0.5) is 0 Å². The molecule has 4 nitrogen and oxygen atoms in total. The van der Waals surface area contributed by atoms with Gasteiger partial charge in [0.05, 0.1) is 18.8 Å². The molecule has 0 aliphatic carbocycles. The van der Waals surface area contributed by atoms with Crippen molar-refractivity contribution >= 4 is 23.6 Å². The van der Waals surface area contributed by atoms with E-state index >= 15 is 0 Å². The fourth-order valence-electron chi connectivity index (χ4n) is 3.03. The van der Waals surface area contributed by atoms with E-state index in [1.54, 1.807) is 11.8 Å². The monoisotopic (exact) mass is 335 g/mol. The second-order valence-corrected chi connectivity index (χ2v) is 7.15. The fraction of sp³-hybridized carbons (Fsp3) is 0.556. The van der Waals surface area contributed by atoms with Gasteiger partial charge in [-0.25, -0.2) is 0 Å². The molecule has 1 saturated heterocycles. The summed E-state index contributed by atoms with van der Waals surface area (Å²) < 4.78 is 4.77. The molecule has 126 valence electrons. The van der Waals surface area contributed by atoms with Crippen molar-refractivity contribution in [2.75, 3.05) is 26.0 Å². The van der Waals surface area contributed by atoms with E-state index in [9.17, 15) is 9.59 Å². The van der Waals surface area contributed by atoms with Gasteiger partial charge in [-0.1, -0.05) is 29.3 Å². The highest BCUT2D eigenvalue weighted by Gasteiger charge is 2.27. The van der Waals surface area contributed by atoms with Crippen molar-refractivity contribution in [2.45, 2.75) is 32.4 Å². The van der Waals surface area contributed by atoms with E-state index in [4.69, 9.17) is 4.74 Å². The molecule has 23 heavy (non-hydrogen) atoms. The van der Waals surface area contributed by atoms with E-state index < -0.39 is 0 Å². The van der Waals surface area contributed by atoms with Crippen molar-refractivity contribution in [1.29, 1.82) is 0 Å². The molecular formula is C18H25NO3S. The predicted octanol–water partition coefficient (Wildman–Crippen LogP) is 2.95. The number of hydrogen-bond acceptors (Lipinski definition) is 4. The van der Waals surface area contributed by atoms with Gasteiger partial charge in [-0.05, 0) is 32.3 Å². The van der Waals surface area contributed by atoms with Crippen LogP contribution in [0.25, 0.3) is 0 Å². The lowest BCUT2D eigenvalue weighted by molar-refractivity contribution is -0.148. The maximum atomic E-state index is 12.3. The Morgan fingerprint density at radius 3 is 2.35 bits per heavy atom. The minimum absolute atomic E-state index is 0.0491. The van der Waals surface area contributed by atoms with Crippen LogP contribution in [-0.4, -0.2) is 42.7 Å². The summed E-state index contributed by atoms with van der Waals surface area (Å²) in [5.41, 5.74) is 3.79. The maximum absolute atomic E-state index is 12.3. The number of amides is 1. The minimum Gasteiger partial charge on any atom is -0.469 e. The minimum atomic E-state index is -0.152. The normalized spacial score (nSPS) is 15.5. The summed E-state index contributed by atoms with van der Waals surface area (Å²) in [5, 5.41) is 0. The van der Waals surface area contributed by atoms with Crippen LogP contribution >= 0.6 is 11.8 Å². The first-order valence-electron chi connectivity index (χ1n) is 8.00. The van der Waals surface area contributed by atoms with Crippen LogP contribution in [0.3, 0.4) is 0 Å². The predicted molar refractivity (Wildman–Crippen MR) is 93.4 cm³/mol. The van der Waals surface area contributed by atoms with Crippen LogP contribution in [0.2, 0.25) is 0 Å². The molecule has 0 unspecified atom stereocenters. The summed E-state index contributed by atoms with van der Waals surface area (Å²) in [6, 6.07) is 6.50. The number of aryl methyl sites for hydroxylation is 2. The molecule has 0 saturated carbocycles. The van der Waals surface area contributed by atoms with E-state index in [1.165, 1.54) is 23.8 Å². The molecule has 1 amide bonds. The Labute approximate surface area is 142 Å². The lowest BCUT2D eigenvalue weighted by Crippen LogP contribution is -2.41. The summed E-state index contributed by atoms with van der Waals surface area (Å²) in [6.45, 7) is 5.50. The molecule has 1 fully saturated rings. The average molecular weight is 335 g/mol. The van der Waals surface area contributed by atoms with Crippen molar-refractivity contribution in [3.63, 3.8) is 0 Å². The number of piperidine rings is 1. The lowest BCUT2D eigenvalue weighted by atomic mass is 9.97. The number of ether oxygens (including phenoxy) is 1. The number of thioether (sulfide) groups is 1. The third kappa shape index (κ3) is 5.27. The Morgan fingerprint density at radius 2 is 1.78 bits per heavy atom. The zero-order chi connectivity index (χ0) is 16.8. The van der Waals surface area contributed by atoms with E-state index in [2.05, 4.69) is 32.0 Å². The van der Waals surface area contributed by atoms with E-state index in [0.717, 1.165) is 5.75 Å². The van der Waals surface area contributed by atoms with Gasteiger partial charge in [0.15, 0.2) is 0 Å². The molecule has 5 heteroatoms. The van der Waals surface area contributed by atoms with Crippen LogP contribution in [0.5, 0.6) is 0 Å².